The molecule has 0 fully saturated rings. The van der Waals surface area contributed by atoms with Crippen molar-refractivity contribution in [2.24, 2.45) is 7.05 Å². The number of hydrogen-bond acceptors (Lipinski definition) is 2. The highest BCUT2D eigenvalue weighted by atomic mass is 16.4. The summed E-state index contributed by atoms with van der Waals surface area (Å²) < 4.78 is 1.71. The minimum Gasteiger partial charge on any atom is -0.478 e. The maximum atomic E-state index is 11.1. The zero-order valence-corrected chi connectivity index (χ0v) is 8.84. The Labute approximate surface area is 92.9 Å². The van der Waals surface area contributed by atoms with E-state index in [-0.39, 0.29) is 5.56 Å². The molecule has 1 heterocycles. The van der Waals surface area contributed by atoms with Crippen LogP contribution in [0.5, 0.6) is 0 Å². The van der Waals surface area contributed by atoms with Crippen LogP contribution in [0, 0.1) is 0 Å². The fraction of sp³-hybridized carbons (Fsp3) is 0.0833. The molecule has 1 aromatic carbocycles. The van der Waals surface area contributed by atoms with Gasteiger partial charge in [0.15, 0.2) is 0 Å². The van der Waals surface area contributed by atoms with E-state index in [1.165, 1.54) is 0 Å². The number of nitrogens with two attached hydrogens (primary N) is 1. The molecule has 0 radical (unpaired) electrons. The highest BCUT2D eigenvalue weighted by Crippen LogP contribution is 2.29. The molecule has 0 aliphatic rings. The van der Waals surface area contributed by atoms with E-state index in [1.54, 1.807) is 30.1 Å². The predicted molar refractivity (Wildman–Crippen MR) is 62.2 cm³/mol. The first kappa shape index (κ1) is 10.3. The van der Waals surface area contributed by atoms with Crippen LogP contribution in [0.15, 0.2) is 36.7 Å². The second-order valence-corrected chi connectivity index (χ2v) is 3.64. The van der Waals surface area contributed by atoms with Crippen LogP contribution in [0.2, 0.25) is 0 Å². The molecule has 0 aliphatic carbocycles. The summed E-state index contributed by atoms with van der Waals surface area (Å²) in [6.07, 6.45) is 3.33. The van der Waals surface area contributed by atoms with Crippen molar-refractivity contribution in [3.63, 3.8) is 0 Å². The Kier molecular flexibility index (Phi) is 2.40. The van der Waals surface area contributed by atoms with Gasteiger partial charge in [-0.05, 0) is 6.07 Å². The lowest BCUT2D eigenvalue weighted by Crippen LogP contribution is -1.97. The van der Waals surface area contributed by atoms with Gasteiger partial charge in [0.2, 0.25) is 0 Å². The number of para-hydroxylation sites is 1. The lowest BCUT2D eigenvalue weighted by Gasteiger charge is -2.03. The van der Waals surface area contributed by atoms with E-state index >= 15 is 0 Å². The third kappa shape index (κ3) is 1.65. The van der Waals surface area contributed by atoms with Gasteiger partial charge >= 0.3 is 5.97 Å². The number of carboxylic acids is 1. The first-order valence-electron chi connectivity index (χ1n) is 4.83. The molecule has 1 aromatic heterocycles. The van der Waals surface area contributed by atoms with E-state index in [0.717, 1.165) is 5.56 Å². The molecule has 0 spiro atoms. The number of hydrogen-bond donors (Lipinski definition) is 2. The van der Waals surface area contributed by atoms with Gasteiger partial charge in [0.05, 0.1) is 5.56 Å². The minimum atomic E-state index is -0.946. The van der Waals surface area contributed by atoms with E-state index in [9.17, 15) is 4.79 Å². The van der Waals surface area contributed by atoms with E-state index < -0.39 is 5.97 Å². The zero-order valence-electron chi connectivity index (χ0n) is 8.84. The van der Waals surface area contributed by atoms with Gasteiger partial charge in [0.25, 0.3) is 0 Å². The molecule has 2 aromatic rings. The van der Waals surface area contributed by atoms with Gasteiger partial charge in [-0.25, -0.2) is 4.79 Å². The van der Waals surface area contributed by atoms with Gasteiger partial charge < -0.3 is 15.4 Å². The Hall–Kier alpha value is -2.23. The third-order valence-corrected chi connectivity index (χ3v) is 2.44. The van der Waals surface area contributed by atoms with Crippen LogP contribution in [0.25, 0.3) is 11.1 Å². The molecule has 0 bridgehead atoms. The summed E-state index contributed by atoms with van der Waals surface area (Å²) in [5, 5.41) is 9.08. The maximum Gasteiger partial charge on any atom is 0.337 e. The predicted octanol–water partition coefficient (Wildman–Crippen LogP) is 1.97. The average molecular weight is 216 g/mol. The van der Waals surface area contributed by atoms with Gasteiger partial charge in [-0.3, -0.25) is 0 Å². The number of nitrogen functional groups attached to an aromatic ring is 1. The minimum absolute atomic E-state index is 0.264. The summed E-state index contributed by atoms with van der Waals surface area (Å²) in [7, 11) is 1.79. The van der Waals surface area contributed by atoms with Crippen molar-refractivity contribution in [2.75, 3.05) is 5.73 Å². The highest BCUT2D eigenvalue weighted by Gasteiger charge is 2.15. The fourth-order valence-electron chi connectivity index (χ4n) is 1.71. The van der Waals surface area contributed by atoms with Crippen molar-refractivity contribution in [3.8, 4) is 11.1 Å². The van der Waals surface area contributed by atoms with E-state index in [0.29, 0.717) is 11.3 Å². The number of nitrogens with zero attached hydrogens (tertiary/aromatic N) is 1. The van der Waals surface area contributed by atoms with Crippen LogP contribution in [-0.2, 0) is 7.05 Å². The Morgan fingerprint density at radius 1 is 1.25 bits per heavy atom. The molecule has 4 heteroatoms. The van der Waals surface area contributed by atoms with Crippen LogP contribution < -0.4 is 5.73 Å². The number of benzene rings is 1. The standard InChI is InChI=1S/C12H12N2O2/c1-14-6-9(10(7-14)12(15)16)8-4-2-3-5-11(8)13/h2-7H,13H2,1H3,(H,15,16). The van der Waals surface area contributed by atoms with Crippen molar-refractivity contribution in [3.05, 3.63) is 42.2 Å². The van der Waals surface area contributed by atoms with Crippen LogP contribution in [-0.4, -0.2) is 15.6 Å². The maximum absolute atomic E-state index is 11.1. The summed E-state index contributed by atoms with van der Waals surface area (Å²) in [6.45, 7) is 0. The van der Waals surface area contributed by atoms with Gasteiger partial charge in [-0.1, -0.05) is 18.2 Å². The highest BCUT2D eigenvalue weighted by molar-refractivity contribution is 5.97. The van der Waals surface area contributed by atoms with E-state index in [4.69, 9.17) is 10.8 Å². The summed E-state index contributed by atoms with van der Waals surface area (Å²) >= 11 is 0. The molecule has 0 saturated carbocycles. The van der Waals surface area contributed by atoms with Crippen molar-refractivity contribution in [2.45, 2.75) is 0 Å². The number of anilines is 1. The molecule has 16 heavy (non-hydrogen) atoms. The van der Waals surface area contributed by atoms with Gasteiger partial charge in [0, 0.05) is 36.3 Å². The van der Waals surface area contributed by atoms with Crippen molar-refractivity contribution < 1.29 is 9.90 Å². The molecule has 2 rings (SSSR count). The number of carbonyl (C=O) groups is 1. The number of rotatable bonds is 2. The molecule has 3 N–H and O–H groups in total. The van der Waals surface area contributed by atoms with Crippen molar-refractivity contribution >= 4 is 11.7 Å². The van der Waals surface area contributed by atoms with Gasteiger partial charge in [0.1, 0.15) is 0 Å². The topological polar surface area (TPSA) is 68.2 Å². The molecule has 0 amide bonds. The average Bonchev–Trinajstić information content (AvgIpc) is 2.61. The van der Waals surface area contributed by atoms with E-state index in [1.807, 2.05) is 18.2 Å². The molecule has 0 atom stereocenters. The van der Waals surface area contributed by atoms with Gasteiger partial charge in [-0.2, -0.15) is 0 Å². The summed E-state index contributed by atoms with van der Waals surface area (Å²) in [5.41, 5.74) is 8.07. The molecular weight excluding hydrogens is 204 g/mol. The number of aromatic nitrogens is 1. The summed E-state index contributed by atoms with van der Waals surface area (Å²) in [6, 6.07) is 7.23. The SMILES string of the molecule is Cn1cc(C(=O)O)c(-c2ccccc2N)c1. The fourth-order valence-corrected chi connectivity index (χ4v) is 1.71. The van der Waals surface area contributed by atoms with Crippen LogP contribution in [0.4, 0.5) is 5.69 Å². The Morgan fingerprint density at radius 2 is 1.94 bits per heavy atom. The summed E-state index contributed by atoms with van der Waals surface area (Å²) in [4.78, 5) is 11.1. The second-order valence-electron chi connectivity index (χ2n) is 3.64. The van der Waals surface area contributed by atoms with Crippen molar-refractivity contribution in [1.82, 2.24) is 4.57 Å². The van der Waals surface area contributed by atoms with Crippen LogP contribution in [0.3, 0.4) is 0 Å². The zero-order chi connectivity index (χ0) is 11.7. The smallest absolute Gasteiger partial charge is 0.337 e. The molecule has 82 valence electrons. The van der Waals surface area contributed by atoms with Gasteiger partial charge in [-0.15, -0.1) is 0 Å². The molecular formula is C12H12N2O2. The number of carboxylic acid groups (broad SMARTS) is 1. The second kappa shape index (κ2) is 3.73. The van der Waals surface area contributed by atoms with E-state index in [2.05, 4.69) is 0 Å². The molecule has 4 nitrogen and oxygen atoms in total. The molecule has 0 unspecified atom stereocenters. The first-order valence-corrected chi connectivity index (χ1v) is 4.83. The Bertz CT molecular complexity index is 544. The van der Waals surface area contributed by atoms with Crippen LogP contribution >= 0.6 is 0 Å². The molecule has 0 aliphatic heterocycles. The Balaban J connectivity index is 2.64. The van der Waals surface area contributed by atoms with Crippen molar-refractivity contribution in [1.29, 1.82) is 0 Å². The number of aryl methyl sites for hydroxylation is 1. The van der Waals surface area contributed by atoms with Crippen LogP contribution in [0.1, 0.15) is 10.4 Å². The number of aromatic carboxylic acids is 1. The summed E-state index contributed by atoms with van der Waals surface area (Å²) in [5.74, 6) is -0.946. The quantitative estimate of drug-likeness (QED) is 0.754. The largest absolute Gasteiger partial charge is 0.478 e. The lowest BCUT2D eigenvalue weighted by atomic mass is 10.0. The Morgan fingerprint density at radius 3 is 2.56 bits per heavy atom. The molecule has 0 saturated heterocycles. The lowest BCUT2D eigenvalue weighted by molar-refractivity contribution is 0.0697. The monoisotopic (exact) mass is 216 g/mol. The third-order valence-electron chi connectivity index (χ3n) is 2.44. The normalized spacial score (nSPS) is 10.3. The first-order chi connectivity index (χ1) is 7.59.